The van der Waals surface area contributed by atoms with Gasteiger partial charge in [0.2, 0.25) is 6.29 Å². The Morgan fingerprint density at radius 2 is 2.25 bits per heavy atom. The SMILES string of the molecule is CCN(C)C(C)[C]=O. The maximum Gasteiger partial charge on any atom is 0.216 e. The van der Waals surface area contributed by atoms with Crippen LogP contribution in [0.1, 0.15) is 13.8 Å². The van der Waals surface area contributed by atoms with Gasteiger partial charge in [0.1, 0.15) is 0 Å². The highest BCUT2D eigenvalue weighted by Gasteiger charge is 2.03. The molecule has 0 aromatic carbocycles. The fraction of sp³-hybridized carbons (Fsp3) is 0.833. The van der Waals surface area contributed by atoms with Crippen molar-refractivity contribution in [3.63, 3.8) is 0 Å². The van der Waals surface area contributed by atoms with Crippen LogP contribution in [0.5, 0.6) is 0 Å². The van der Waals surface area contributed by atoms with E-state index in [2.05, 4.69) is 0 Å². The first-order valence-electron chi connectivity index (χ1n) is 2.80. The number of carbonyl (C=O) groups excluding carboxylic acids is 1. The Morgan fingerprint density at radius 3 is 2.38 bits per heavy atom. The van der Waals surface area contributed by atoms with Gasteiger partial charge in [-0.2, -0.15) is 0 Å². The summed E-state index contributed by atoms with van der Waals surface area (Å²) in [6.07, 6.45) is 1.89. The zero-order valence-corrected chi connectivity index (χ0v) is 5.64. The second kappa shape index (κ2) is 3.61. The molecule has 0 amide bonds. The lowest BCUT2D eigenvalue weighted by atomic mass is 10.3. The van der Waals surface area contributed by atoms with Gasteiger partial charge in [-0.15, -0.1) is 0 Å². The van der Waals surface area contributed by atoms with Gasteiger partial charge < -0.3 is 0 Å². The zero-order valence-electron chi connectivity index (χ0n) is 5.64. The van der Waals surface area contributed by atoms with Gasteiger partial charge in [0.15, 0.2) is 0 Å². The van der Waals surface area contributed by atoms with Crippen LogP contribution in [0.15, 0.2) is 0 Å². The van der Waals surface area contributed by atoms with Gasteiger partial charge in [-0.1, -0.05) is 6.92 Å². The Labute approximate surface area is 50.5 Å². The number of hydrogen-bond acceptors (Lipinski definition) is 2. The van der Waals surface area contributed by atoms with Crippen molar-refractivity contribution >= 4 is 6.29 Å². The van der Waals surface area contributed by atoms with Gasteiger partial charge >= 0.3 is 0 Å². The van der Waals surface area contributed by atoms with Crippen LogP contribution < -0.4 is 0 Å². The topological polar surface area (TPSA) is 20.3 Å². The average Bonchev–Trinajstić information content (AvgIpc) is 1.84. The largest absolute Gasteiger partial charge is 0.297 e. The number of rotatable bonds is 3. The number of likely N-dealkylation sites (N-methyl/N-ethyl adjacent to an activating group) is 1. The van der Waals surface area contributed by atoms with Crippen LogP contribution in [0, 0.1) is 0 Å². The lowest BCUT2D eigenvalue weighted by Gasteiger charge is -2.15. The van der Waals surface area contributed by atoms with Crippen molar-refractivity contribution in [3.8, 4) is 0 Å². The van der Waals surface area contributed by atoms with Crippen molar-refractivity contribution in [2.24, 2.45) is 0 Å². The summed E-state index contributed by atoms with van der Waals surface area (Å²) in [6.45, 7) is 4.74. The minimum atomic E-state index is -0.0556. The van der Waals surface area contributed by atoms with Crippen molar-refractivity contribution in [3.05, 3.63) is 0 Å². The molecule has 0 saturated carbocycles. The molecule has 0 aliphatic rings. The molecule has 0 bridgehead atoms. The van der Waals surface area contributed by atoms with Crippen molar-refractivity contribution in [2.75, 3.05) is 13.6 Å². The van der Waals surface area contributed by atoms with E-state index in [9.17, 15) is 4.79 Å². The molecule has 8 heavy (non-hydrogen) atoms. The van der Waals surface area contributed by atoms with Crippen LogP contribution in [-0.4, -0.2) is 30.8 Å². The summed E-state index contributed by atoms with van der Waals surface area (Å²) in [5.41, 5.74) is 0. The predicted molar refractivity (Wildman–Crippen MR) is 33.5 cm³/mol. The molecule has 0 spiro atoms. The Bertz CT molecular complexity index is 72.9. The molecular formula is C6H12NO. The van der Waals surface area contributed by atoms with Gasteiger partial charge in [-0.3, -0.25) is 9.69 Å². The molecule has 0 heterocycles. The third-order valence-electron chi connectivity index (χ3n) is 1.33. The monoisotopic (exact) mass is 114 g/mol. The Morgan fingerprint density at radius 1 is 1.75 bits per heavy atom. The highest BCUT2D eigenvalue weighted by molar-refractivity contribution is 5.57. The molecule has 1 radical (unpaired) electrons. The number of nitrogens with zero attached hydrogens (tertiary/aromatic N) is 1. The van der Waals surface area contributed by atoms with E-state index in [0.717, 1.165) is 6.54 Å². The second-order valence-electron chi connectivity index (χ2n) is 1.87. The standard InChI is InChI=1S/C6H12NO/c1-4-7(3)6(2)5-8/h6H,4H2,1-3H3. The minimum absolute atomic E-state index is 0.0556. The van der Waals surface area contributed by atoms with E-state index in [1.807, 2.05) is 32.1 Å². The second-order valence-corrected chi connectivity index (χ2v) is 1.87. The highest BCUT2D eigenvalue weighted by atomic mass is 16.1. The van der Waals surface area contributed by atoms with Gasteiger partial charge in [0, 0.05) is 0 Å². The molecule has 47 valence electrons. The van der Waals surface area contributed by atoms with Crippen molar-refractivity contribution in [1.29, 1.82) is 0 Å². The molecule has 0 aromatic heterocycles. The lowest BCUT2D eigenvalue weighted by Crippen LogP contribution is -2.29. The van der Waals surface area contributed by atoms with E-state index < -0.39 is 0 Å². The fourth-order valence-electron chi connectivity index (χ4n) is 0.364. The molecule has 1 unspecified atom stereocenters. The molecule has 0 N–H and O–H groups in total. The fourth-order valence-corrected chi connectivity index (χ4v) is 0.364. The van der Waals surface area contributed by atoms with Crippen LogP contribution in [0.2, 0.25) is 0 Å². The smallest absolute Gasteiger partial charge is 0.216 e. The molecule has 0 saturated heterocycles. The molecule has 2 nitrogen and oxygen atoms in total. The first kappa shape index (κ1) is 7.63. The maximum atomic E-state index is 9.94. The van der Waals surface area contributed by atoms with E-state index in [1.54, 1.807) is 0 Å². The van der Waals surface area contributed by atoms with Crippen LogP contribution in [0.4, 0.5) is 0 Å². The summed E-state index contributed by atoms with van der Waals surface area (Å²) >= 11 is 0. The summed E-state index contributed by atoms with van der Waals surface area (Å²) in [7, 11) is 1.90. The van der Waals surface area contributed by atoms with Crippen LogP contribution >= 0.6 is 0 Å². The van der Waals surface area contributed by atoms with Crippen LogP contribution in [0.3, 0.4) is 0 Å². The quantitative estimate of drug-likeness (QED) is 0.530. The van der Waals surface area contributed by atoms with E-state index in [1.165, 1.54) is 0 Å². The van der Waals surface area contributed by atoms with Gasteiger partial charge in [-0.25, -0.2) is 0 Å². The first-order valence-corrected chi connectivity index (χ1v) is 2.80. The Balaban J connectivity index is 3.44. The molecule has 0 aromatic rings. The summed E-state index contributed by atoms with van der Waals surface area (Å²) in [4.78, 5) is 11.9. The molecule has 2 heteroatoms. The zero-order chi connectivity index (χ0) is 6.57. The van der Waals surface area contributed by atoms with Crippen molar-refractivity contribution < 1.29 is 4.79 Å². The van der Waals surface area contributed by atoms with Gasteiger partial charge in [-0.05, 0) is 20.5 Å². The van der Waals surface area contributed by atoms with E-state index in [-0.39, 0.29) is 6.04 Å². The Kier molecular flexibility index (Phi) is 3.44. The summed E-state index contributed by atoms with van der Waals surface area (Å²) in [6, 6.07) is -0.0556. The molecule has 0 rings (SSSR count). The highest BCUT2D eigenvalue weighted by Crippen LogP contribution is 1.87. The van der Waals surface area contributed by atoms with Crippen molar-refractivity contribution in [2.45, 2.75) is 19.9 Å². The third-order valence-corrected chi connectivity index (χ3v) is 1.33. The molecule has 0 aliphatic heterocycles. The summed E-state index contributed by atoms with van der Waals surface area (Å²) in [5.74, 6) is 0. The lowest BCUT2D eigenvalue weighted by molar-refractivity contribution is 0.319. The molecular weight excluding hydrogens is 102 g/mol. The normalized spacial score (nSPS) is 14.0. The average molecular weight is 114 g/mol. The predicted octanol–water partition coefficient (Wildman–Crippen LogP) is 0.436. The van der Waals surface area contributed by atoms with Gasteiger partial charge in [0.05, 0.1) is 6.04 Å². The molecule has 0 fully saturated rings. The van der Waals surface area contributed by atoms with E-state index in [4.69, 9.17) is 0 Å². The molecule has 1 atom stereocenters. The van der Waals surface area contributed by atoms with Crippen LogP contribution in [0.25, 0.3) is 0 Å². The third kappa shape index (κ3) is 2.07. The summed E-state index contributed by atoms with van der Waals surface area (Å²) in [5, 5.41) is 0. The van der Waals surface area contributed by atoms with E-state index >= 15 is 0 Å². The Hall–Kier alpha value is -0.370. The summed E-state index contributed by atoms with van der Waals surface area (Å²) < 4.78 is 0. The molecule has 0 aliphatic carbocycles. The first-order chi connectivity index (χ1) is 3.72. The maximum absolute atomic E-state index is 9.94. The number of hydrogen-bond donors (Lipinski definition) is 0. The van der Waals surface area contributed by atoms with Crippen molar-refractivity contribution in [1.82, 2.24) is 4.90 Å². The minimum Gasteiger partial charge on any atom is -0.297 e. The van der Waals surface area contributed by atoms with Gasteiger partial charge in [0.25, 0.3) is 0 Å². The van der Waals surface area contributed by atoms with Crippen LogP contribution in [-0.2, 0) is 4.79 Å². The van der Waals surface area contributed by atoms with E-state index in [0.29, 0.717) is 0 Å².